The van der Waals surface area contributed by atoms with Crippen LogP contribution in [0, 0.1) is 6.92 Å². The molecule has 0 aliphatic rings. The third-order valence-electron chi connectivity index (χ3n) is 3.93. The SMILES string of the molecule is CCOc1ccccc1CNC(=NC)NCCNC(=O)c1cccc(C)c1. The second-order valence-corrected chi connectivity index (χ2v) is 6.02. The Morgan fingerprint density at radius 3 is 2.56 bits per heavy atom. The number of nitrogens with zero attached hydrogens (tertiary/aromatic N) is 1. The largest absolute Gasteiger partial charge is 0.494 e. The van der Waals surface area contributed by atoms with Crippen LogP contribution in [0.4, 0.5) is 0 Å². The zero-order chi connectivity index (χ0) is 19.5. The molecule has 144 valence electrons. The molecule has 1 amide bonds. The Kier molecular flexibility index (Phi) is 8.16. The van der Waals surface area contributed by atoms with Gasteiger partial charge < -0.3 is 20.7 Å². The van der Waals surface area contributed by atoms with E-state index in [1.54, 1.807) is 7.05 Å². The average molecular weight is 368 g/mol. The minimum atomic E-state index is -0.0749. The number of carbonyl (C=O) groups excluding carboxylic acids is 1. The van der Waals surface area contributed by atoms with Crippen molar-refractivity contribution in [1.29, 1.82) is 0 Å². The van der Waals surface area contributed by atoms with Crippen molar-refractivity contribution in [1.82, 2.24) is 16.0 Å². The van der Waals surface area contributed by atoms with Gasteiger partial charge in [0.25, 0.3) is 5.91 Å². The molecule has 0 bridgehead atoms. The molecule has 2 aromatic carbocycles. The predicted octanol–water partition coefficient (Wildman–Crippen LogP) is 2.49. The number of rotatable bonds is 8. The predicted molar refractivity (Wildman–Crippen MR) is 109 cm³/mol. The lowest BCUT2D eigenvalue weighted by Gasteiger charge is -2.14. The van der Waals surface area contributed by atoms with Gasteiger partial charge in [0.05, 0.1) is 6.61 Å². The van der Waals surface area contributed by atoms with Gasteiger partial charge in [-0.1, -0.05) is 35.9 Å². The molecule has 0 unspecified atom stereocenters. The van der Waals surface area contributed by atoms with E-state index in [2.05, 4.69) is 20.9 Å². The van der Waals surface area contributed by atoms with Gasteiger partial charge in [-0.25, -0.2) is 0 Å². The number of nitrogens with one attached hydrogen (secondary N) is 3. The van der Waals surface area contributed by atoms with Crippen molar-refractivity contribution in [2.75, 3.05) is 26.7 Å². The zero-order valence-corrected chi connectivity index (χ0v) is 16.2. The molecule has 0 atom stereocenters. The molecular formula is C21H28N4O2. The second kappa shape index (κ2) is 10.9. The van der Waals surface area contributed by atoms with Crippen LogP contribution in [0.2, 0.25) is 0 Å². The lowest BCUT2D eigenvalue weighted by Crippen LogP contribution is -2.41. The molecule has 3 N–H and O–H groups in total. The van der Waals surface area contributed by atoms with Gasteiger partial charge >= 0.3 is 0 Å². The van der Waals surface area contributed by atoms with Gasteiger partial charge in [-0.15, -0.1) is 0 Å². The van der Waals surface area contributed by atoms with Gasteiger partial charge in [-0.2, -0.15) is 0 Å². The Morgan fingerprint density at radius 1 is 1.04 bits per heavy atom. The number of aryl methyl sites for hydroxylation is 1. The quantitative estimate of drug-likeness (QED) is 0.380. The van der Waals surface area contributed by atoms with Gasteiger partial charge in [0.1, 0.15) is 5.75 Å². The summed E-state index contributed by atoms with van der Waals surface area (Å²) in [5.74, 6) is 1.47. The summed E-state index contributed by atoms with van der Waals surface area (Å²) in [4.78, 5) is 16.3. The number of amides is 1. The summed E-state index contributed by atoms with van der Waals surface area (Å²) in [5, 5.41) is 9.35. The number of para-hydroxylation sites is 1. The highest BCUT2D eigenvalue weighted by Gasteiger charge is 2.06. The minimum Gasteiger partial charge on any atom is -0.494 e. The normalized spacial score (nSPS) is 11.0. The van der Waals surface area contributed by atoms with Crippen LogP contribution in [-0.2, 0) is 6.54 Å². The van der Waals surface area contributed by atoms with E-state index >= 15 is 0 Å². The van der Waals surface area contributed by atoms with Crippen molar-refractivity contribution in [2.24, 2.45) is 4.99 Å². The topological polar surface area (TPSA) is 74.8 Å². The second-order valence-electron chi connectivity index (χ2n) is 6.02. The highest BCUT2D eigenvalue weighted by Crippen LogP contribution is 2.17. The molecule has 0 fully saturated rings. The number of hydrogen-bond acceptors (Lipinski definition) is 3. The molecule has 6 nitrogen and oxygen atoms in total. The van der Waals surface area contributed by atoms with Crippen LogP contribution >= 0.6 is 0 Å². The molecule has 6 heteroatoms. The first-order valence-electron chi connectivity index (χ1n) is 9.14. The maximum atomic E-state index is 12.1. The molecule has 2 rings (SSSR count). The molecule has 0 aliphatic carbocycles. The summed E-state index contributed by atoms with van der Waals surface area (Å²) in [6.07, 6.45) is 0. The first-order chi connectivity index (χ1) is 13.1. The van der Waals surface area contributed by atoms with Crippen molar-refractivity contribution < 1.29 is 9.53 Å². The van der Waals surface area contributed by atoms with E-state index in [1.807, 2.05) is 62.4 Å². The summed E-state index contributed by atoms with van der Waals surface area (Å²) in [7, 11) is 1.72. The smallest absolute Gasteiger partial charge is 0.251 e. The van der Waals surface area contributed by atoms with Crippen LogP contribution in [0.15, 0.2) is 53.5 Å². The number of ether oxygens (including phenoxy) is 1. The Balaban J connectivity index is 1.75. The molecule has 27 heavy (non-hydrogen) atoms. The number of carbonyl (C=O) groups is 1. The molecule has 0 saturated heterocycles. The van der Waals surface area contributed by atoms with Gasteiger partial charge in [0.2, 0.25) is 0 Å². The lowest BCUT2D eigenvalue weighted by molar-refractivity contribution is 0.0954. The fraction of sp³-hybridized carbons (Fsp3) is 0.333. The summed E-state index contributed by atoms with van der Waals surface area (Å²) >= 11 is 0. The highest BCUT2D eigenvalue weighted by atomic mass is 16.5. The first-order valence-corrected chi connectivity index (χ1v) is 9.14. The molecule has 0 aromatic heterocycles. The lowest BCUT2D eigenvalue weighted by atomic mass is 10.1. The van der Waals surface area contributed by atoms with Crippen molar-refractivity contribution in [3.8, 4) is 5.75 Å². The summed E-state index contributed by atoms with van der Waals surface area (Å²) in [5.41, 5.74) is 2.80. The van der Waals surface area contributed by atoms with Gasteiger partial charge in [-0.3, -0.25) is 9.79 Å². The third kappa shape index (κ3) is 6.66. The van der Waals surface area contributed by atoms with E-state index in [9.17, 15) is 4.79 Å². The first kappa shape index (κ1) is 20.3. The Hall–Kier alpha value is -3.02. The standard InChI is InChI=1S/C21H28N4O2/c1-4-27-19-11-6-5-9-18(19)15-25-21(22-3)24-13-12-23-20(26)17-10-7-8-16(2)14-17/h5-11,14H,4,12-13,15H2,1-3H3,(H,23,26)(H2,22,24,25). The average Bonchev–Trinajstić information content (AvgIpc) is 2.68. The van der Waals surface area contributed by atoms with Crippen molar-refractivity contribution in [3.63, 3.8) is 0 Å². The Morgan fingerprint density at radius 2 is 1.81 bits per heavy atom. The third-order valence-corrected chi connectivity index (χ3v) is 3.93. The van der Waals surface area contributed by atoms with Crippen LogP contribution in [-0.4, -0.2) is 38.6 Å². The molecule has 2 aromatic rings. The van der Waals surface area contributed by atoms with Crippen molar-refractivity contribution in [3.05, 3.63) is 65.2 Å². The number of benzene rings is 2. The Labute approximate surface area is 161 Å². The maximum absolute atomic E-state index is 12.1. The van der Waals surface area contributed by atoms with Gasteiger partial charge in [0.15, 0.2) is 5.96 Å². The number of hydrogen-bond donors (Lipinski definition) is 3. The van der Waals surface area contributed by atoms with Gasteiger partial charge in [0, 0.05) is 37.8 Å². The minimum absolute atomic E-state index is 0.0749. The van der Waals surface area contributed by atoms with E-state index < -0.39 is 0 Å². The number of guanidine groups is 1. The van der Waals surface area contributed by atoms with Crippen LogP contribution < -0.4 is 20.7 Å². The zero-order valence-electron chi connectivity index (χ0n) is 16.2. The van der Waals surface area contributed by atoms with Gasteiger partial charge in [-0.05, 0) is 32.0 Å². The molecule has 0 radical (unpaired) electrons. The summed E-state index contributed by atoms with van der Waals surface area (Å²) < 4.78 is 5.63. The van der Waals surface area contributed by atoms with Crippen molar-refractivity contribution >= 4 is 11.9 Å². The van der Waals surface area contributed by atoms with Crippen molar-refractivity contribution in [2.45, 2.75) is 20.4 Å². The number of aliphatic imine (C=N–C) groups is 1. The van der Waals surface area contributed by atoms with Crippen LogP contribution in [0.25, 0.3) is 0 Å². The van der Waals surface area contributed by atoms with E-state index in [0.29, 0.717) is 37.8 Å². The fourth-order valence-electron chi connectivity index (χ4n) is 2.59. The van der Waals surface area contributed by atoms with E-state index in [0.717, 1.165) is 16.9 Å². The monoisotopic (exact) mass is 368 g/mol. The van der Waals surface area contributed by atoms with Crippen LogP contribution in [0.1, 0.15) is 28.4 Å². The molecule has 0 aliphatic heterocycles. The summed E-state index contributed by atoms with van der Waals surface area (Å²) in [6, 6.07) is 15.5. The maximum Gasteiger partial charge on any atom is 0.251 e. The van der Waals surface area contributed by atoms with Crippen LogP contribution in [0.5, 0.6) is 5.75 Å². The molecular weight excluding hydrogens is 340 g/mol. The molecule has 0 heterocycles. The van der Waals surface area contributed by atoms with E-state index in [-0.39, 0.29) is 5.91 Å². The molecule has 0 spiro atoms. The Bertz CT molecular complexity index is 774. The van der Waals surface area contributed by atoms with E-state index in [1.165, 1.54) is 0 Å². The van der Waals surface area contributed by atoms with E-state index in [4.69, 9.17) is 4.74 Å². The van der Waals surface area contributed by atoms with Crippen LogP contribution in [0.3, 0.4) is 0 Å². The molecule has 0 saturated carbocycles. The highest BCUT2D eigenvalue weighted by molar-refractivity contribution is 5.94. The fourth-order valence-corrected chi connectivity index (χ4v) is 2.59. The summed E-state index contributed by atoms with van der Waals surface area (Å²) in [6.45, 7) is 6.25.